The van der Waals surface area contributed by atoms with E-state index in [9.17, 15) is 18.4 Å². The fourth-order valence-electron chi connectivity index (χ4n) is 4.38. The first-order valence-electron chi connectivity index (χ1n) is 10.4. The Bertz CT molecular complexity index is 1190. The van der Waals surface area contributed by atoms with Crippen molar-refractivity contribution in [1.82, 2.24) is 15.2 Å². The average Bonchev–Trinajstić information content (AvgIpc) is 3.30. The van der Waals surface area contributed by atoms with Crippen molar-refractivity contribution < 1.29 is 23.1 Å². The Morgan fingerprint density at radius 3 is 2.75 bits per heavy atom. The van der Waals surface area contributed by atoms with E-state index < -0.39 is 23.6 Å². The van der Waals surface area contributed by atoms with Crippen LogP contribution < -0.4 is 5.32 Å². The van der Waals surface area contributed by atoms with E-state index in [-0.39, 0.29) is 24.1 Å². The summed E-state index contributed by atoms with van der Waals surface area (Å²) in [4.78, 5) is 30.4. The number of H-pyrrole nitrogens is 1. The zero-order chi connectivity index (χ0) is 23.0. The van der Waals surface area contributed by atoms with E-state index in [4.69, 9.17) is 4.74 Å². The van der Waals surface area contributed by atoms with Gasteiger partial charge in [0.15, 0.2) is 0 Å². The molecule has 1 fully saturated rings. The number of nitrogens with zero attached hydrogens (tertiary/aromatic N) is 1. The summed E-state index contributed by atoms with van der Waals surface area (Å²) in [7, 11) is 1.28. The molecule has 6 nitrogen and oxygen atoms in total. The molecule has 4 rings (SSSR count). The number of carbonyl (C=O) groups is 2. The van der Waals surface area contributed by atoms with Gasteiger partial charge in [-0.1, -0.05) is 12.1 Å². The van der Waals surface area contributed by atoms with Crippen LogP contribution in [0.4, 0.5) is 8.78 Å². The number of benzene rings is 2. The number of para-hydroxylation sites is 1. The number of amides is 1. The summed E-state index contributed by atoms with van der Waals surface area (Å²) in [5.41, 5.74) is 3.51. The van der Waals surface area contributed by atoms with Crippen LogP contribution in [0.25, 0.3) is 10.9 Å². The van der Waals surface area contributed by atoms with Crippen LogP contribution in [0, 0.1) is 25.5 Å². The van der Waals surface area contributed by atoms with Gasteiger partial charge in [0.1, 0.15) is 17.7 Å². The number of esters is 1. The number of aryl methyl sites for hydroxylation is 2. The zero-order valence-electron chi connectivity index (χ0n) is 18.2. The monoisotopic (exact) mass is 441 g/mol. The normalized spacial score (nSPS) is 18.8. The number of carbonyl (C=O) groups excluding carboxylic acids is 2. The minimum absolute atomic E-state index is 0.0281. The molecule has 0 aliphatic carbocycles. The van der Waals surface area contributed by atoms with Gasteiger partial charge < -0.3 is 15.0 Å². The molecule has 0 saturated carbocycles. The van der Waals surface area contributed by atoms with Crippen LogP contribution in [0.3, 0.4) is 0 Å². The quantitative estimate of drug-likeness (QED) is 0.594. The number of hydrogen-bond acceptors (Lipinski definition) is 4. The molecule has 2 N–H and O–H groups in total. The van der Waals surface area contributed by atoms with E-state index in [1.807, 2.05) is 26.0 Å². The van der Waals surface area contributed by atoms with Gasteiger partial charge in [0.05, 0.1) is 18.2 Å². The molecule has 2 aromatic carbocycles. The molecule has 0 radical (unpaired) electrons. The molecule has 2 atom stereocenters. The van der Waals surface area contributed by atoms with Crippen molar-refractivity contribution in [3.63, 3.8) is 0 Å². The third-order valence-electron chi connectivity index (χ3n) is 6.18. The van der Waals surface area contributed by atoms with Crippen LogP contribution >= 0.6 is 0 Å². The number of aromatic amines is 1. The third-order valence-corrected chi connectivity index (χ3v) is 6.18. The SMILES string of the molecule is COC(=O)[C@@H]1C[C@@H](NC(=O)c2cccc3c(C)c(C)[nH]c23)CN1Cc1cc(F)ccc1F. The average molecular weight is 441 g/mol. The molecule has 32 heavy (non-hydrogen) atoms. The minimum atomic E-state index is -0.668. The van der Waals surface area contributed by atoms with Crippen LogP contribution in [-0.2, 0) is 16.1 Å². The van der Waals surface area contributed by atoms with Crippen molar-refractivity contribution in [2.45, 2.75) is 38.9 Å². The largest absolute Gasteiger partial charge is 0.468 e. The number of fused-ring (bicyclic) bond motifs is 1. The Morgan fingerprint density at radius 2 is 2.00 bits per heavy atom. The van der Waals surface area contributed by atoms with Gasteiger partial charge in [-0.2, -0.15) is 0 Å². The number of ether oxygens (including phenoxy) is 1. The summed E-state index contributed by atoms with van der Waals surface area (Å²) in [6.45, 7) is 4.29. The molecule has 1 aromatic heterocycles. The summed E-state index contributed by atoms with van der Waals surface area (Å²) < 4.78 is 32.7. The van der Waals surface area contributed by atoms with Gasteiger partial charge in [-0.05, 0) is 50.1 Å². The van der Waals surface area contributed by atoms with Crippen LogP contribution in [0.5, 0.6) is 0 Å². The maximum Gasteiger partial charge on any atom is 0.323 e. The predicted octanol–water partition coefficient (Wildman–Crippen LogP) is 3.61. The van der Waals surface area contributed by atoms with Crippen molar-refractivity contribution in [3.05, 3.63) is 70.4 Å². The first-order valence-corrected chi connectivity index (χ1v) is 10.4. The number of halogens is 2. The lowest BCUT2D eigenvalue weighted by Gasteiger charge is -2.22. The Labute approximate surface area is 184 Å². The number of aromatic nitrogens is 1. The summed E-state index contributed by atoms with van der Waals surface area (Å²) in [6, 6.07) is 7.76. The second-order valence-corrected chi connectivity index (χ2v) is 8.21. The van der Waals surface area contributed by atoms with Crippen molar-refractivity contribution in [1.29, 1.82) is 0 Å². The summed E-state index contributed by atoms with van der Waals surface area (Å²) in [5.74, 6) is -1.84. The molecule has 1 saturated heterocycles. The maximum absolute atomic E-state index is 14.2. The van der Waals surface area contributed by atoms with Crippen molar-refractivity contribution in [3.8, 4) is 0 Å². The smallest absolute Gasteiger partial charge is 0.323 e. The van der Waals surface area contributed by atoms with Gasteiger partial charge in [0.2, 0.25) is 0 Å². The minimum Gasteiger partial charge on any atom is -0.468 e. The molecule has 2 heterocycles. The van der Waals surface area contributed by atoms with Crippen LogP contribution in [-0.4, -0.2) is 47.5 Å². The number of rotatable bonds is 5. The Morgan fingerprint density at radius 1 is 1.22 bits per heavy atom. The Hall–Kier alpha value is -3.26. The first-order chi connectivity index (χ1) is 15.3. The number of methoxy groups -OCH3 is 1. The third kappa shape index (κ3) is 4.10. The summed E-state index contributed by atoms with van der Waals surface area (Å²) in [5, 5.41) is 3.97. The molecular formula is C24H25F2N3O3. The van der Waals surface area contributed by atoms with Crippen molar-refractivity contribution >= 4 is 22.8 Å². The van der Waals surface area contributed by atoms with Crippen LogP contribution in [0.1, 0.15) is 33.6 Å². The van der Waals surface area contributed by atoms with Gasteiger partial charge in [0, 0.05) is 35.8 Å². The highest BCUT2D eigenvalue weighted by atomic mass is 19.1. The highest BCUT2D eigenvalue weighted by Crippen LogP contribution is 2.26. The molecule has 8 heteroatoms. The molecule has 0 unspecified atom stereocenters. The zero-order valence-corrected chi connectivity index (χ0v) is 18.2. The molecule has 0 spiro atoms. The second-order valence-electron chi connectivity index (χ2n) is 8.21. The van der Waals surface area contributed by atoms with Gasteiger partial charge >= 0.3 is 5.97 Å². The van der Waals surface area contributed by atoms with Crippen molar-refractivity contribution in [2.75, 3.05) is 13.7 Å². The lowest BCUT2D eigenvalue weighted by atomic mass is 10.1. The topological polar surface area (TPSA) is 74.4 Å². The molecule has 1 aliphatic heterocycles. The van der Waals surface area contributed by atoms with E-state index in [0.29, 0.717) is 18.5 Å². The van der Waals surface area contributed by atoms with Gasteiger partial charge in [0.25, 0.3) is 5.91 Å². The van der Waals surface area contributed by atoms with E-state index in [2.05, 4.69) is 10.3 Å². The molecule has 1 amide bonds. The van der Waals surface area contributed by atoms with Gasteiger partial charge in [-0.15, -0.1) is 0 Å². The van der Waals surface area contributed by atoms with E-state index in [1.54, 1.807) is 11.0 Å². The van der Waals surface area contributed by atoms with E-state index >= 15 is 0 Å². The lowest BCUT2D eigenvalue weighted by molar-refractivity contribution is -0.146. The van der Waals surface area contributed by atoms with Crippen molar-refractivity contribution in [2.24, 2.45) is 0 Å². The van der Waals surface area contributed by atoms with E-state index in [1.165, 1.54) is 7.11 Å². The summed E-state index contributed by atoms with van der Waals surface area (Å²) >= 11 is 0. The number of likely N-dealkylation sites (tertiary alicyclic amines) is 1. The molecule has 3 aromatic rings. The highest BCUT2D eigenvalue weighted by molar-refractivity contribution is 6.06. The van der Waals surface area contributed by atoms with Gasteiger partial charge in [-0.25, -0.2) is 8.78 Å². The number of nitrogens with one attached hydrogen (secondary N) is 2. The predicted molar refractivity (Wildman–Crippen MR) is 116 cm³/mol. The fourth-order valence-corrected chi connectivity index (χ4v) is 4.38. The Kier molecular flexibility index (Phi) is 5.97. The Balaban J connectivity index is 1.54. The van der Waals surface area contributed by atoms with Crippen LogP contribution in [0.2, 0.25) is 0 Å². The lowest BCUT2D eigenvalue weighted by Crippen LogP contribution is -2.38. The maximum atomic E-state index is 14.2. The first kappa shape index (κ1) is 22.0. The molecular weight excluding hydrogens is 416 g/mol. The summed E-state index contributed by atoms with van der Waals surface area (Å²) in [6.07, 6.45) is 0.314. The standard InChI is InChI=1S/C24H25F2N3O3/c1-13-14(2)27-22-18(13)5-4-6-19(22)23(30)28-17-10-21(24(31)32-3)29(12-17)11-15-9-16(25)7-8-20(15)26/h4-9,17,21,27H,10-12H2,1-3H3,(H,28,30)/t17-,21+/m1/s1. The fraction of sp³-hybridized carbons (Fsp3) is 0.333. The number of hydrogen-bond donors (Lipinski definition) is 2. The van der Waals surface area contributed by atoms with Crippen LogP contribution in [0.15, 0.2) is 36.4 Å². The second kappa shape index (κ2) is 8.70. The molecule has 0 bridgehead atoms. The van der Waals surface area contributed by atoms with E-state index in [0.717, 1.165) is 40.4 Å². The highest BCUT2D eigenvalue weighted by Gasteiger charge is 2.38. The molecule has 1 aliphatic rings. The molecule has 168 valence electrons. The van der Waals surface area contributed by atoms with Gasteiger partial charge in [-0.3, -0.25) is 14.5 Å².